The number of aliphatic imine (C=N–C) groups is 1. The number of rotatable bonds is 2. The molecule has 12 heavy (non-hydrogen) atoms. The van der Waals surface area contributed by atoms with Gasteiger partial charge in [0.25, 0.3) is 0 Å². The van der Waals surface area contributed by atoms with E-state index in [0.29, 0.717) is 11.4 Å². The van der Waals surface area contributed by atoms with Crippen LogP contribution in [-0.2, 0) is 7.05 Å². The van der Waals surface area contributed by atoms with Gasteiger partial charge in [-0.15, -0.1) is 9.24 Å². The molecule has 0 amide bonds. The Balaban J connectivity index is 3.31. The zero-order chi connectivity index (χ0) is 9.14. The highest BCUT2D eigenvalue weighted by atomic mass is 31.0. The largest absolute Gasteiger partial charge is 0.390 e. The van der Waals surface area contributed by atoms with Crippen molar-refractivity contribution >= 4 is 33.0 Å². The first kappa shape index (κ1) is 8.94. The molecule has 0 radical (unpaired) electrons. The first-order chi connectivity index (χ1) is 5.70. The van der Waals surface area contributed by atoms with Crippen LogP contribution >= 0.6 is 9.24 Å². The van der Waals surface area contributed by atoms with Crippen LogP contribution in [0.3, 0.4) is 0 Å². The number of carbonyl (C=O) groups is 1. The molecule has 0 aliphatic carbocycles. The Kier molecular flexibility index (Phi) is 2.61. The number of aromatic nitrogens is 1. The molecule has 1 atom stereocenters. The van der Waals surface area contributed by atoms with Crippen LogP contribution in [0, 0.1) is 0 Å². The first-order valence-electron chi connectivity index (χ1n) is 3.35. The van der Waals surface area contributed by atoms with Gasteiger partial charge in [-0.2, -0.15) is 0 Å². The molecule has 0 aromatic carbocycles. The van der Waals surface area contributed by atoms with Gasteiger partial charge in [0.1, 0.15) is 5.82 Å². The molecule has 1 aromatic heterocycles. The molecule has 1 unspecified atom stereocenters. The molecular weight excluding hydrogens is 173 g/mol. The number of aryl methyl sites for hydroxylation is 1. The highest BCUT2D eigenvalue weighted by Crippen LogP contribution is 2.16. The minimum Gasteiger partial charge on any atom is -0.390 e. The highest BCUT2D eigenvalue weighted by molar-refractivity contribution is 7.27. The van der Waals surface area contributed by atoms with Crippen LogP contribution in [0.5, 0.6) is 0 Å². The lowest BCUT2D eigenvalue weighted by Crippen LogP contribution is -1.94. The topological polar surface area (TPSA) is 60.4 Å². The average molecular weight is 183 g/mol. The van der Waals surface area contributed by atoms with E-state index in [4.69, 9.17) is 5.73 Å². The maximum absolute atomic E-state index is 10.6. The standard InChI is InChI=1S/C7H10N3OP/c1-10-2-6(12)5(3-11)7(10)9-4-8/h2-4H,12H2,1H3,(H2,8,9). The summed E-state index contributed by atoms with van der Waals surface area (Å²) in [6.07, 6.45) is 3.74. The minimum atomic E-state index is 0.559. The second-order valence-corrected chi connectivity index (χ2v) is 2.95. The first-order valence-corrected chi connectivity index (χ1v) is 3.92. The molecule has 1 aromatic rings. The van der Waals surface area contributed by atoms with Crippen LogP contribution in [0.2, 0.25) is 0 Å². The number of aldehydes is 1. The lowest BCUT2D eigenvalue weighted by Gasteiger charge is -1.94. The molecule has 0 bridgehead atoms. The van der Waals surface area contributed by atoms with E-state index in [1.807, 2.05) is 7.05 Å². The van der Waals surface area contributed by atoms with Crippen molar-refractivity contribution in [2.24, 2.45) is 17.8 Å². The molecule has 1 rings (SSSR count). The molecule has 5 heteroatoms. The van der Waals surface area contributed by atoms with Crippen molar-refractivity contribution in [3.63, 3.8) is 0 Å². The normalized spacial score (nSPS) is 10.8. The van der Waals surface area contributed by atoms with Crippen molar-refractivity contribution in [1.82, 2.24) is 4.57 Å². The fraction of sp³-hybridized carbons (Fsp3) is 0.143. The van der Waals surface area contributed by atoms with Crippen molar-refractivity contribution < 1.29 is 4.79 Å². The number of nitrogens with two attached hydrogens (primary N) is 1. The number of hydrogen-bond acceptors (Lipinski definition) is 2. The van der Waals surface area contributed by atoms with Gasteiger partial charge in [0, 0.05) is 18.5 Å². The monoisotopic (exact) mass is 183 g/mol. The fourth-order valence-corrected chi connectivity index (χ4v) is 1.43. The number of hydrogen-bond donors (Lipinski definition) is 1. The van der Waals surface area contributed by atoms with Gasteiger partial charge >= 0.3 is 0 Å². The van der Waals surface area contributed by atoms with E-state index in [1.165, 1.54) is 6.34 Å². The lowest BCUT2D eigenvalue weighted by atomic mass is 10.3. The summed E-state index contributed by atoms with van der Waals surface area (Å²) < 4.78 is 1.75. The number of carbonyl (C=O) groups excluding carboxylic acids is 1. The summed E-state index contributed by atoms with van der Waals surface area (Å²) in [5.74, 6) is 0.581. The second-order valence-electron chi connectivity index (χ2n) is 2.33. The Hall–Kier alpha value is -1.15. The summed E-state index contributed by atoms with van der Waals surface area (Å²) in [7, 11) is 4.28. The van der Waals surface area contributed by atoms with Gasteiger partial charge in [-0.3, -0.25) is 4.79 Å². The predicted octanol–water partition coefficient (Wildman–Crippen LogP) is -0.0435. The molecule has 0 fully saturated rings. The quantitative estimate of drug-likeness (QED) is 0.302. The summed E-state index contributed by atoms with van der Waals surface area (Å²) in [4.78, 5) is 14.5. The summed E-state index contributed by atoms with van der Waals surface area (Å²) in [6.45, 7) is 0. The van der Waals surface area contributed by atoms with Gasteiger partial charge in [-0.05, 0) is 0 Å². The maximum Gasteiger partial charge on any atom is 0.154 e. The van der Waals surface area contributed by atoms with Gasteiger partial charge in [-0.1, -0.05) is 0 Å². The number of nitrogens with zero attached hydrogens (tertiary/aromatic N) is 2. The SMILES string of the molecule is Cn1cc(P)c(C=O)c1/N=C/N. The molecule has 2 N–H and O–H groups in total. The van der Waals surface area contributed by atoms with Crippen LogP contribution in [0.25, 0.3) is 0 Å². The smallest absolute Gasteiger partial charge is 0.154 e. The zero-order valence-corrected chi connectivity index (χ0v) is 7.84. The van der Waals surface area contributed by atoms with Crippen LogP contribution in [-0.4, -0.2) is 17.2 Å². The van der Waals surface area contributed by atoms with E-state index >= 15 is 0 Å². The summed E-state index contributed by atoms with van der Waals surface area (Å²) >= 11 is 0. The molecule has 0 saturated heterocycles. The zero-order valence-electron chi connectivity index (χ0n) is 6.69. The van der Waals surface area contributed by atoms with Crippen molar-refractivity contribution in [2.45, 2.75) is 0 Å². The van der Waals surface area contributed by atoms with E-state index in [9.17, 15) is 4.79 Å². The molecule has 0 spiro atoms. The predicted molar refractivity (Wildman–Crippen MR) is 52.5 cm³/mol. The molecule has 0 aliphatic rings. The van der Waals surface area contributed by atoms with Crippen molar-refractivity contribution in [1.29, 1.82) is 0 Å². The van der Waals surface area contributed by atoms with E-state index in [0.717, 1.165) is 11.6 Å². The van der Waals surface area contributed by atoms with Crippen molar-refractivity contribution in [3.05, 3.63) is 11.8 Å². The minimum absolute atomic E-state index is 0.559. The summed E-state index contributed by atoms with van der Waals surface area (Å²) in [5, 5.41) is 0.827. The van der Waals surface area contributed by atoms with E-state index in [-0.39, 0.29) is 0 Å². The van der Waals surface area contributed by atoms with Crippen LogP contribution < -0.4 is 11.0 Å². The molecule has 64 valence electrons. The van der Waals surface area contributed by atoms with Crippen LogP contribution in [0.15, 0.2) is 11.2 Å². The van der Waals surface area contributed by atoms with Gasteiger partial charge < -0.3 is 10.3 Å². The third-order valence-electron chi connectivity index (χ3n) is 1.53. The van der Waals surface area contributed by atoms with Gasteiger partial charge in [0.2, 0.25) is 0 Å². The Bertz CT molecular complexity index is 330. The third-order valence-corrected chi connectivity index (χ3v) is 1.99. The molecular formula is C7H10N3OP. The Morgan fingerprint density at radius 3 is 2.92 bits per heavy atom. The molecule has 0 aliphatic heterocycles. The molecule has 4 nitrogen and oxygen atoms in total. The van der Waals surface area contributed by atoms with E-state index in [1.54, 1.807) is 10.8 Å². The maximum atomic E-state index is 10.6. The third kappa shape index (κ3) is 1.38. The van der Waals surface area contributed by atoms with Gasteiger partial charge in [0.05, 0.1) is 11.9 Å². The van der Waals surface area contributed by atoms with Crippen LogP contribution in [0.4, 0.5) is 5.82 Å². The van der Waals surface area contributed by atoms with Gasteiger partial charge in [-0.25, -0.2) is 4.99 Å². The lowest BCUT2D eigenvalue weighted by molar-refractivity contribution is 0.112. The van der Waals surface area contributed by atoms with E-state index in [2.05, 4.69) is 14.2 Å². The summed E-state index contributed by atoms with van der Waals surface area (Å²) in [6, 6.07) is 0. The Morgan fingerprint density at radius 1 is 1.75 bits per heavy atom. The Morgan fingerprint density at radius 2 is 2.42 bits per heavy atom. The highest BCUT2D eigenvalue weighted by Gasteiger charge is 2.08. The van der Waals surface area contributed by atoms with E-state index < -0.39 is 0 Å². The summed E-state index contributed by atoms with van der Waals surface area (Å²) in [5.41, 5.74) is 5.69. The molecule has 0 saturated carbocycles. The fourth-order valence-electron chi connectivity index (χ4n) is 1.01. The average Bonchev–Trinajstić information content (AvgIpc) is 2.28. The Labute approximate surface area is 72.7 Å². The van der Waals surface area contributed by atoms with Crippen LogP contribution in [0.1, 0.15) is 10.4 Å². The van der Waals surface area contributed by atoms with Gasteiger partial charge in [0.15, 0.2) is 6.29 Å². The van der Waals surface area contributed by atoms with Crippen molar-refractivity contribution in [3.8, 4) is 0 Å². The molecule has 1 heterocycles. The van der Waals surface area contributed by atoms with Crippen molar-refractivity contribution in [2.75, 3.05) is 0 Å². The second kappa shape index (κ2) is 3.50.